The van der Waals surface area contributed by atoms with E-state index in [9.17, 15) is 0 Å². The average molecular weight is 209 g/mol. The van der Waals surface area contributed by atoms with Crippen LogP contribution >= 0.6 is 0 Å². The van der Waals surface area contributed by atoms with E-state index >= 15 is 0 Å². The van der Waals surface area contributed by atoms with E-state index in [4.69, 9.17) is 4.74 Å². The van der Waals surface area contributed by atoms with E-state index in [1.54, 1.807) is 0 Å². The number of rotatable bonds is 0. The molecule has 2 fully saturated rings. The maximum absolute atomic E-state index is 5.38. The van der Waals surface area contributed by atoms with Gasteiger partial charge in [-0.1, -0.05) is 0 Å². The third-order valence-corrected chi connectivity index (χ3v) is 3.62. The van der Waals surface area contributed by atoms with E-state index in [-0.39, 0.29) is 0 Å². The van der Waals surface area contributed by atoms with Gasteiger partial charge in [0.1, 0.15) is 0 Å². The van der Waals surface area contributed by atoms with Gasteiger partial charge in [0.25, 0.3) is 0 Å². The highest BCUT2D eigenvalue weighted by Crippen LogP contribution is 2.36. The molecule has 0 N–H and O–H groups in total. The molecule has 0 aliphatic carbocycles. The molecule has 0 aromatic heterocycles. The van der Waals surface area contributed by atoms with Crippen LogP contribution in [0, 0.1) is 11.8 Å². The van der Waals surface area contributed by atoms with Gasteiger partial charge in [-0.3, -0.25) is 0 Å². The van der Waals surface area contributed by atoms with Crippen molar-refractivity contribution in [2.24, 2.45) is 0 Å². The maximum atomic E-state index is 5.38. The van der Waals surface area contributed by atoms with E-state index in [2.05, 4.69) is 23.8 Å². The van der Waals surface area contributed by atoms with Gasteiger partial charge in [-0.2, -0.15) is 0 Å². The van der Waals surface area contributed by atoms with Gasteiger partial charge in [-0.15, -0.1) is 11.8 Å². The lowest BCUT2D eigenvalue weighted by molar-refractivity contribution is 0.00189. The minimum absolute atomic E-state index is 0.540. The predicted molar refractivity (Wildman–Crippen MR) is 63.8 cm³/mol. The van der Waals surface area contributed by atoms with E-state index in [0.29, 0.717) is 5.54 Å². The molecule has 0 amide bonds. The van der Waals surface area contributed by atoms with Crippen LogP contribution in [0.5, 0.6) is 0 Å². The summed E-state index contributed by atoms with van der Waals surface area (Å²) in [5.41, 5.74) is 0.540. The molecule has 2 aliphatic heterocycles. The highest BCUT2D eigenvalue weighted by Gasteiger charge is 2.39. The Hall–Kier alpha value is -0.520. The van der Waals surface area contributed by atoms with Gasteiger partial charge < -0.3 is 9.64 Å². The van der Waals surface area contributed by atoms with Gasteiger partial charge in [0, 0.05) is 18.8 Å². The molecule has 0 radical (unpaired) electrons. The molecule has 0 saturated carbocycles. The third-order valence-electron chi connectivity index (χ3n) is 3.62. The summed E-state index contributed by atoms with van der Waals surface area (Å²) in [4.78, 5) is 2.54. The third kappa shape index (κ3) is 3.22. The summed E-state index contributed by atoms with van der Waals surface area (Å²) in [5.74, 6) is 5.36. The van der Waals surface area contributed by atoms with Crippen molar-refractivity contribution in [3.05, 3.63) is 0 Å². The summed E-state index contributed by atoms with van der Waals surface area (Å²) in [7, 11) is 2.26. The van der Waals surface area contributed by atoms with Crippen LogP contribution in [0.2, 0.25) is 0 Å². The molecule has 2 nitrogen and oxygen atoms in total. The first-order chi connectivity index (χ1) is 7.25. The molecule has 2 aliphatic rings. The molecule has 2 heterocycles. The van der Waals surface area contributed by atoms with Gasteiger partial charge in [-0.05, 0) is 53.1 Å². The lowest BCUT2D eigenvalue weighted by Gasteiger charge is -2.39. The highest BCUT2D eigenvalue weighted by molar-refractivity contribution is 4.95. The van der Waals surface area contributed by atoms with Crippen LogP contribution in [0.1, 0.15) is 39.5 Å². The predicted octanol–water partition coefficient (Wildman–Crippen LogP) is 2.29. The molecule has 1 spiro atoms. The zero-order valence-electron chi connectivity index (χ0n) is 10.3. The molecule has 0 atom stereocenters. The van der Waals surface area contributed by atoms with Crippen molar-refractivity contribution in [3.63, 3.8) is 0 Å². The first kappa shape index (κ1) is 12.5. The summed E-state index contributed by atoms with van der Waals surface area (Å²) < 4.78 is 5.38. The van der Waals surface area contributed by atoms with Crippen LogP contribution < -0.4 is 0 Å². The normalized spacial score (nSPS) is 23.9. The van der Waals surface area contributed by atoms with E-state index < -0.39 is 0 Å². The zero-order chi connectivity index (χ0) is 11.1. The SMILES string of the molecule is CC#CC.CN1CCCC12CCOCC2. The van der Waals surface area contributed by atoms with Gasteiger partial charge in [0.15, 0.2) is 0 Å². The quantitative estimate of drug-likeness (QED) is 0.568. The van der Waals surface area contributed by atoms with Crippen LogP contribution in [-0.4, -0.2) is 37.2 Å². The smallest absolute Gasteiger partial charge is 0.0483 e. The second-order valence-electron chi connectivity index (χ2n) is 4.36. The topological polar surface area (TPSA) is 12.5 Å². The van der Waals surface area contributed by atoms with Crippen molar-refractivity contribution in [2.75, 3.05) is 26.8 Å². The minimum atomic E-state index is 0.540. The largest absolute Gasteiger partial charge is 0.381 e. The van der Waals surface area contributed by atoms with Crippen molar-refractivity contribution in [3.8, 4) is 11.8 Å². The summed E-state index contributed by atoms with van der Waals surface area (Å²) in [6, 6.07) is 0. The number of hydrogen-bond acceptors (Lipinski definition) is 2. The van der Waals surface area contributed by atoms with E-state index in [1.165, 1.54) is 32.2 Å². The van der Waals surface area contributed by atoms with Crippen LogP contribution in [0.25, 0.3) is 0 Å². The Kier molecular flexibility index (Phi) is 5.14. The van der Waals surface area contributed by atoms with Gasteiger partial charge in [0.2, 0.25) is 0 Å². The molecule has 15 heavy (non-hydrogen) atoms. The summed E-state index contributed by atoms with van der Waals surface area (Å²) in [6.45, 7) is 6.88. The molecule has 86 valence electrons. The molecule has 0 aromatic carbocycles. The minimum Gasteiger partial charge on any atom is -0.381 e. The average Bonchev–Trinajstić information content (AvgIpc) is 2.62. The second kappa shape index (κ2) is 6.15. The van der Waals surface area contributed by atoms with Crippen LogP contribution in [0.3, 0.4) is 0 Å². The Balaban J connectivity index is 0.000000245. The van der Waals surface area contributed by atoms with Crippen molar-refractivity contribution >= 4 is 0 Å². The fourth-order valence-electron chi connectivity index (χ4n) is 2.46. The molecule has 0 aromatic rings. The molecular formula is C13H23NO. The first-order valence-electron chi connectivity index (χ1n) is 5.88. The second-order valence-corrected chi connectivity index (χ2v) is 4.36. The monoisotopic (exact) mass is 209 g/mol. The highest BCUT2D eigenvalue weighted by atomic mass is 16.5. The summed E-state index contributed by atoms with van der Waals surface area (Å²) >= 11 is 0. The fourth-order valence-corrected chi connectivity index (χ4v) is 2.46. The first-order valence-corrected chi connectivity index (χ1v) is 5.88. The van der Waals surface area contributed by atoms with Crippen LogP contribution in [0.4, 0.5) is 0 Å². The Labute approximate surface area is 94.0 Å². The lowest BCUT2D eigenvalue weighted by atomic mass is 9.88. The lowest BCUT2D eigenvalue weighted by Crippen LogP contribution is -2.45. The molecule has 2 rings (SSSR count). The zero-order valence-corrected chi connectivity index (χ0v) is 10.3. The molecule has 0 unspecified atom stereocenters. The van der Waals surface area contributed by atoms with Gasteiger partial charge >= 0.3 is 0 Å². The van der Waals surface area contributed by atoms with Crippen molar-refractivity contribution < 1.29 is 4.74 Å². The Morgan fingerprint density at radius 2 is 1.67 bits per heavy atom. The van der Waals surface area contributed by atoms with E-state index in [1.807, 2.05) is 13.8 Å². The summed E-state index contributed by atoms with van der Waals surface area (Å²) in [6.07, 6.45) is 5.29. The van der Waals surface area contributed by atoms with Crippen molar-refractivity contribution in [1.29, 1.82) is 0 Å². The standard InChI is InChI=1S/C9H17NO.C4H6/c1-10-6-2-3-9(10)4-7-11-8-5-9;1-3-4-2/h2-8H2,1H3;1-2H3. The molecular weight excluding hydrogens is 186 g/mol. The Morgan fingerprint density at radius 1 is 1.07 bits per heavy atom. The van der Waals surface area contributed by atoms with Crippen LogP contribution in [0.15, 0.2) is 0 Å². The van der Waals surface area contributed by atoms with Gasteiger partial charge in [0.05, 0.1) is 0 Å². The summed E-state index contributed by atoms with van der Waals surface area (Å²) in [5, 5.41) is 0. The molecule has 2 saturated heterocycles. The number of likely N-dealkylation sites (tertiary alicyclic amines) is 1. The fraction of sp³-hybridized carbons (Fsp3) is 0.846. The van der Waals surface area contributed by atoms with Crippen molar-refractivity contribution in [1.82, 2.24) is 4.90 Å². The number of nitrogens with zero attached hydrogens (tertiary/aromatic N) is 1. The van der Waals surface area contributed by atoms with Crippen molar-refractivity contribution in [2.45, 2.75) is 45.1 Å². The number of hydrogen-bond donors (Lipinski definition) is 0. The Morgan fingerprint density at radius 3 is 2.07 bits per heavy atom. The van der Waals surface area contributed by atoms with Gasteiger partial charge in [-0.25, -0.2) is 0 Å². The molecule has 0 bridgehead atoms. The number of ether oxygens (including phenoxy) is 1. The van der Waals surface area contributed by atoms with E-state index in [0.717, 1.165) is 13.2 Å². The molecule has 2 heteroatoms. The maximum Gasteiger partial charge on any atom is 0.0483 e. The Bertz CT molecular complexity index is 227. The van der Waals surface area contributed by atoms with Crippen LogP contribution in [-0.2, 0) is 4.74 Å².